The molecule has 0 unspecified atom stereocenters. The Kier molecular flexibility index (Phi) is 7.83. The van der Waals surface area contributed by atoms with Gasteiger partial charge in [-0.05, 0) is 0 Å². The van der Waals surface area contributed by atoms with E-state index in [9.17, 15) is 74.6 Å². The van der Waals surface area contributed by atoms with Gasteiger partial charge in [-0.25, -0.2) is 0 Å². The Balaban J connectivity index is 6.50. The first-order chi connectivity index (χ1) is 13.7. The highest BCUT2D eigenvalue weighted by Crippen LogP contribution is 2.64. The van der Waals surface area contributed by atoms with Crippen LogP contribution in [0.5, 0.6) is 0 Å². The molecular weight excluding hydrogens is 511 g/mol. The third kappa shape index (κ3) is 4.27. The van der Waals surface area contributed by atoms with Gasteiger partial charge in [-0.3, -0.25) is 0 Å². The molecule has 192 valence electrons. The van der Waals surface area contributed by atoms with E-state index in [0.29, 0.717) is 6.26 Å². The summed E-state index contributed by atoms with van der Waals surface area (Å²) in [4.78, 5) is 0. The third-order valence-corrected chi connectivity index (χ3v) is 3.69. The van der Waals surface area contributed by atoms with E-state index in [1.54, 1.807) is 0 Å². The molecular formula is C13H9F17O2. The van der Waals surface area contributed by atoms with Crippen LogP contribution >= 0.6 is 0 Å². The van der Waals surface area contributed by atoms with Gasteiger partial charge < -0.3 is 9.84 Å². The maximum absolute atomic E-state index is 13.5. The van der Waals surface area contributed by atoms with Gasteiger partial charge in [0.15, 0.2) is 0 Å². The molecule has 0 spiro atoms. The molecule has 0 aromatic heterocycles. The average molecular weight is 520 g/mol. The number of hydrogen-bond donors (Lipinski definition) is 1. The molecule has 0 aromatic rings. The monoisotopic (exact) mass is 520 g/mol. The van der Waals surface area contributed by atoms with Crippen molar-refractivity contribution in [2.75, 3.05) is 6.61 Å². The minimum atomic E-state index is -8.67. The fourth-order valence-corrected chi connectivity index (χ4v) is 1.86. The highest BCUT2D eigenvalue weighted by molar-refractivity contribution is 5.15. The van der Waals surface area contributed by atoms with Gasteiger partial charge in [0.2, 0.25) is 0 Å². The Labute approximate surface area is 165 Å². The van der Waals surface area contributed by atoms with Crippen LogP contribution < -0.4 is 0 Å². The molecule has 1 N–H and O–H groups in total. The minimum absolute atomic E-state index is 0.367. The summed E-state index contributed by atoms with van der Waals surface area (Å²) in [5, 5.41) is 8.92. The highest BCUT2D eigenvalue weighted by atomic mass is 19.4. The van der Waals surface area contributed by atoms with E-state index in [0.717, 1.165) is 0 Å². The van der Waals surface area contributed by atoms with Crippen LogP contribution in [-0.2, 0) is 4.74 Å². The van der Waals surface area contributed by atoms with E-state index in [1.165, 1.54) is 0 Å². The van der Waals surface area contributed by atoms with Gasteiger partial charge in [0.1, 0.15) is 6.61 Å². The first kappa shape index (κ1) is 30.3. The molecule has 0 fully saturated rings. The second kappa shape index (κ2) is 8.27. The molecule has 19 heteroatoms. The minimum Gasteiger partial charge on any atom is -0.499 e. The smallest absolute Gasteiger partial charge is 0.460 e. The fraction of sp³-hybridized carbons (Fsp3) is 0.846. The molecule has 0 aliphatic rings. The van der Waals surface area contributed by atoms with E-state index in [2.05, 4.69) is 11.3 Å². The van der Waals surface area contributed by atoms with E-state index < -0.39 is 66.8 Å². The second-order valence-electron chi connectivity index (χ2n) is 6.01. The van der Waals surface area contributed by atoms with Crippen molar-refractivity contribution in [1.82, 2.24) is 0 Å². The van der Waals surface area contributed by atoms with E-state index in [1.807, 2.05) is 0 Å². The fourth-order valence-electron chi connectivity index (χ4n) is 1.86. The Bertz CT molecular complexity index is 666. The lowest BCUT2D eigenvalue weighted by Gasteiger charge is -2.43. The summed E-state index contributed by atoms with van der Waals surface area (Å²) in [5.74, 6) is -56.9. The average Bonchev–Trinajstić information content (AvgIpc) is 2.57. The maximum Gasteiger partial charge on any atom is 0.460 e. The lowest BCUT2D eigenvalue weighted by molar-refractivity contribution is -0.462. The van der Waals surface area contributed by atoms with Gasteiger partial charge in [0.25, 0.3) is 0 Å². The molecule has 0 saturated heterocycles. The van der Waals surface area contributed by atoms with Crippen LogP contribution in [0.1, 0.15) is 6.42 Å². The largest absolute Gasteiger partial charge is 0.499 e. The summed E-state index contributed by atoms with van der Waals surface area (Å²) in [5.41, 5.74) is 0. The molecule has 0 heterocycles. The predicted molar refractivity (Wildman–Crippen MR) is 67.5 cm³/mol. The number of hydrogen-bond acceptors (Lipinski definition) is 2. The van der Waals surface area contributed by atoms with Crippen molar-refractivity contribution >= 4 is 0 Å². The van der Waals surface area contributed by atoms with E-state index >= 15 is 0 Å². The number of alkyl halides is 17. The number of aliphatic hydroxyl groups excluding tert-OH is 1. The first-order valence-corrected chi connectivity index (χ1v) is 7.32. The van der Waals surface area contributed by atoms with Gasteiger partial charge in [0.05, 0.1) is 12.4 Å². The van der Waals surface area contributed by atoms with Crippen LogP contribution in [-0.4, -0.2) is 65.5 Å². The molecule has 1 atom stereocenters. The predicted octanol–water partition coefficient (Wildman–Crippen LogP) is 5.91. The van der Waals surface area contributed by atoms with Crippen LogP contribution in [0, 0.1) is 0 Å². The summed E-state index contributed by atoms with van der Waals surface area (Å²) in [7, 11) is 0. The Morgan fingerprint density at radius 1 is 0.594 bits per heavy atom. The Hall–Kier alpha value is -1.69. The van der Waals surface area contributed by atoms with Crippen molar-refractivity contribution in [3.8, 4) is 0 Å². The molecule has 0 aromatic carbocycles. The van der Waals surface area contributed by atoms with Crippen molar-refractivity contribution in [1.29, 1.82) is 0 Å². The number of ether oxygens (including phenoxy) is 1. The zero-order chi connectivity index (χ0) is 26.4. The molecule has 0 radical (unpaired) electrons. The maximum atomic E-state index is 13.5. The van der Waals surface area contributed by atoms with Crippen molar-refractivity contribution in [2.45, 2.75) is 60.2 Å². The van der Waals surface area contributed by atoms with Crippen LogP contribution in [0.25, 0.3) is 0 Å². The summed E-state index contributed by atoms with van der Waals surface area (Å²) in [6.45, 7) is 1.31. The SMILES string of the molecule is C=COC[C@H](O)CC(F)(F)C(F)(F)C(F)(F)C(F)(F)C(F)(F)C(F)(F)C(F)(F)C(F)(F)F. The van der Waals surface area contributed by atoms with Gasteiger partial charge in [-0.15, -0.1) is 0 Å². The van der Waals surface area contributed by atoms with E-state index in [-0.39, 0.29) is 0 Å². The molecule has 0 bridgehead atoms. The first-order valence-electron chi connectivity index (χ1n) is 7.32. The van der Waals surface area contributed by atoms with Gasteiger partial charge in [0, 0.05) is 6.42 Å². The molecule has 0 aliphatic carbocycles. The van der Waals surface area contributed by atoms with Crippen molar-refractivity contribution < 1.29 is 84.5 Å². The second-order valence-corrected chi connectivity index (χ2v) is 6.01. The topological polar surface area (TPSA) is 29.5 Å². The summed E-state index contributed by atoms with van der Waals surface area (Å²) >= 11 is 0. The summed E-state index contributed by atoms with van der Waals surface area (Å²) in [6.07, 6.45) is -13.3. The van der Waals surface area contributed by atoms with Crippen LogP contribution in [0.3, 0.4) is 0 Å². The third-order valence-electron chi connectivity index (χ3n) is 3.69. The molecule has 0 aliphatic heterocycles. The molecule has 0 saturated carbocycles. The zero-order valence-electron chi connectivity index (χ0n) is 14.6. The van der Waals surface area contributed by atoms with Crippen molar-refractivity contribution in [3.05, 3.63) is 12.8 Å². The number of rotatable bonds is 11. The van der Waals surface area contributed by atoms with Crippen LogP contribution in [0.15, 0.2) is 12.8 Å². The van der Waals surface area contributed by atoms with Gasteiger partial charge >= 0.3 is 47.6 Å². The van der Waals surface area contributed by atoms with Gasteiger partial charge in [-0.1, -0.05) is 6.58 Å². The molecule has 32 heavy (non-hydrogen) atoms. The van der Waals surface area contributed by atoms with E-state index in [4.69, 9.17) is 5.11 Å². The molecule has 0 rings (SSSR count). The molecule has 0 amide bonds. The zero-order valence-corrected chi connectivity index (χ0v) is 14.6. The standard InChI is InChI=1S/C13H9F17O2/c1-2-32-4-5(31)3-6(14,15)7(16,17)8(18,19)9(20,21)10(22,23)11(24,25)12(26,27)13(28,29)30/h2,5,31H,1,3-4H2/t5-/m1/s1. The summed E-state index contributed by atoms with van der Waals surface area (Å²) in [6, 6.07) is 0. The lowest BCUT2D eigenvalue weighted by Crippen LogP contribution is -2.74. The number of halogens is 17. The molecule has 2 nitrogen and oxygen atoms in total. The Morgan fingerprint density at radius 2 is 0.906 bits per heavy atom. The quantitative estimate of drug-likeness (QED) is 0.272. The Morgan fingerprint density at radius 3 is 1.22 bits per heavy atom. The van der Waals surface area contributed by atoms with Crippen LogP contribution in [0.2, 0.25) is 0 Å². The summed E-state index contributed by atoms with van der Waals surface area (Å²) < 4.78 is 225. The van der Waals surface area contributed by atoms with Crippen molar-refractivity contribution in [3.63, 3.8) is 0 Å². The number of aliphatic hydroxyl groups is 1. The normalized spacial score (nSPS) is 16.7. The lowest BCUT2D eigenvalue weighted by atomic mass is 9.88. The van der Waals surface area contributed by atoms with Gasteiger partial charge in [-0.2, -0.15) is 74.6 Å². The highest BCUT2D eigenvalue weighted by Gasteiger charge is 2.95. The van der Waals surface area contributed by atoms with Crippen molar-refractivity contribution in [2.24, 2.45) is 0 Å². The van der Waals surface area contributed by atoms with Crippen LogP contribution in [0.4, 0.5) is 74.6 Å².